The van der Waals surface area contributed by atoms with Crippen LogP contribution in [0.4, 0.5) is 5.69 Å². The highest BCUT2D eigenvalue weighted by molar-refractivity contribution is 8.00. The van der Waals surface area contributed by atoms with Gasteiger partial charge in [-0.05, 0) is 63.1 Å². The van der Waals surface area contributed by atoms with Gasteiger partial charge in [0.2, 0.25) is 11.8 Å². The van der Waals surface area contributed by atoms with Crippen molar-refractivity contribution in [3.63, 3.8) is 0 Å². The molecular weight excluding hydrogens is 386 g/mol. The van der Waals surface area contributed by atoms with E-state index in [0.717, 1.165) is 23.4 Å². The van der Waals surface area contributed by atoms with Crippen LogP contribution >= 0.6 is 11.8 Å². The van der Waals surface area contributed by atoms with Crippen LogP contribution in [-0.2, 0) is 11.2 Å². The third kappa shape index (κ3) is 4.00. The number of ether oxygens (including phenoxy) is 1. The molecule has 0 saturated carbocycles. The third-order valence-corrected chi connectivity index (χ3v) is 5.81. The van der Waals surface area contributed by atoms with Gasteiger partial charge in [-0.2, -0.15) is 0 Å². The number of nitrogens with zero attached hydrogens (tertiary/aromatic N) is 3. The summed E-state index contributed by atoms with van der Waals surface area (Å²) in [5.74, 6) is 1.27. The van der Waals surface area contributed by atoms with E-state index in [1.807, 2.05) is 61.2 Å². The van der Waals surface area contributed by atoms with Crippen LogP contribution in [0.2, 0.25) is 0 Å². The number of fused-ring (bicyclic) bond motifs is 1. The Balaban J connectivity index is 1.45. The molecule has 1 aromatic heterocycles. The molecule has 2 heterocycles. The Morgan fingerprint density at radius 3 is 2.76 bits per heavy atom. The molecule has 0 saturated heterocycles. The van der Waals surface area contributed by atoms with Gasteiger partial charge in [-0.25, -0.2) is 0 Å². The zero-order valence-corrected chi connectivity index (χ0v) is 17.5. The zero-order valence-electron chi connectivity index (χ0n) is 16.7. The molecule has 1 aliphatic heterocycles. The predicted octanol–water partition coefficient (Wildman–Crippen LogP) is 4.59. The molecule has 2 aromatic carbocycles. The normalized spacial score (nSPS) is 16.5. The fraction of sp³-hybridized carbons (Fsp3) is 0.318. The molecule has 150 valence electrons. The minimum Gasteiger partial charge on any atom is -0.494 e. The molecule has 6 nitrogen and oxygen atoms in total. The zero-order chi connectivity index (χ0) is 20.4. The number of hydrogen-bond acceptors (Lipinski definition) is 6. The molecule has 0 aliphatic carbocycles. The lowest BCUT2D eigenvalue weighted by molar-refractivity contribution is -0.118. The van der Waals surface area contributed by atoms with Crippen LogP contribution in [0.25, 0.3) is 11.5 Å². The second kappa shape index (κ2) is 8.29. The first-order valence-electron chi connectivity index (χ1n) is 9.71. The van der Waals surface area contributed by atoms with Crippen molar-refractivity contribution < 1.29 is 13.9 Å². The average Bonchev–Trinajstić information content (AvgIpc) is 3.31. The van der Waals surface area contributed by atoms with Crippen molar-refractivity contribution in [2.75, 3.05) is 11.5 Å². The second-order valence-corrected chi connectivity index (χ2v) is 8.27. The molecule has 0 unspecified atom stereocenters. The summed E-state index contributed by atoms with van der Waals surface area (Å²) in [6.45, 7) is 6.51. The van der Waals surface area contributed by atoms with Gasteiger partial charge in [0, 0.05) is 17.3 Å². The maximum atomic E-state index is 13.1. The molecule has 0 N–H and O–H groups in total. The van der Waals surface area contributed by atoms with E-state index in [9.17, 15) is 4.79 Å². The van der Waals surface area contributed by atoms with Crippen LogP contribution in [0.5, 0.6) is 5.75 Å². The van der Waals surface area contributed by atoms with Crippen LogP contribution in [0.15, 0.2) is 58.2 Å². The van der Waals surface area contributed by atoms with E-state index in [-0.39, 0.29) is 17.2 Å². The summed E-state index contributed by atoms with van der Waals surface area (Å²) >= 11 is 1.29. The van der Waals surface area contributed by atoms with Gasteiger partial charge in [0.15, 0.2) is 0 Å². The van der Waals surface area contributed by atoms with Crippen LogP contribution < -0.4 is 9.64 Å². The smallest absolute Gasteiger partial charge is 0.277 e. The maximum absolute atomic E-state index is 13.1. The highest BCUT2D eigenvalue weighted by atomic mass is 32.2. The first kappa shape index (κ1) is 19.5. The molecule has 3 aromatic rings. The number of carbonyl (C=O) groups is 1. The van der Waals surface area contributed by atoms with Crippen LogP contribution in [0.1, 0.15) is 26.3 Å². The van der Waals surface area contributed by atoms with Crippen molar-refractivity contribution in [3.05, 3.63) is 54.1 Å². The molecule has 0 spiro atoms. The number of carbonyl (C=O) groups excluding carboxylic acids is 1. The number of hydrogen-bond donors (Lipinski definition) is 0. The standard InChI is InChI=1S/C22H23N3O3S/c1-4-27-18-11-9-16(10-12-18)20-23-24-22(28-20)29-15(3)21(26)25-14(2)13-17-7-5-6-8-19(17)25/h5-12,14-15H,4,13H2,1-3H3/t14-,15-/m0/s1. The first-order valence-corrected chi connectivity index (χ1v) is 10.6. The van der Waals surface area contributed by atoms with E-state index in [1.54, 1.807) is 0 Å². The van der Waals surface area contributed by atoms with Crippen molar-refractivity contribution in [3.8, 4) is 17.2 Å². The predicted molar refractivity (Wildman–Crippen MR) is 113 cm³/mol. The molecule has 7 heteroatoms. The van der Waals surface area contributed by atoms with Crippen molar-refractivity contribution in [2.24, 2.45) is 0 Å². The minimum absolute atomic E-state index is 0.0493. The molecular formula is C22H23N3O3S. The van der Waals surface area contributed by atoms with Gasteiger partial charge >= 0.3 is 0 Å². The number of amides is 1. The summed E-state index contributed by atoms with van der Waals surface area (Å²) in [4.78, 5) is 15.0. The minimum atomic E-state index is -0.336. The van der Waals surface area contributed by atoms with Gasteiger partial charge in [-0.15, -0.1) is 10.2 Å². The third-order valence-electron chi connectivity index (χ3n) is 4.89. The lowest BCUT2D eigenvalue weighted by atomic mass is 10.1. The summed E-state index contributed by atoms with van der Waals surface area (Å²) in [5.41, 5.74) is 3.02. The fourth-order valence-corrected chi connectivity index (χ4v) is 4.27. The monoisotopic (exact) mass is 409 g/mol. The molecule has 1 aliphatic rings. The lowest BCUT2D eigenvalue weighted by Gasteiger charge is -2.25. The summed E-state index contributed by atoms with van der Waals surface area (Å²) in [5, 5.41) is 8.28. The Morgan fingerprint density at radius 2 is 2.00 bits per heavy atom. The molecule has 0 radical (unpaired) electrons. The molecule has 1 amide bonds. The number of rotatable bonds is 6. The Kier molecular flexibility index (Phi) is 5.58. The van der Waals surface area contributed by atoms with Crippen LogP contribution in [-0.4, -0.2) is 34.0 Å². The fourth-order valence-electron chi connectivity index (χ4n) is 3.53. The Morgan fingerprint density at radius 1 is 1.24 bits per heavy atom. The maximum Gasteiger partial charge on any atom is 0.277 e. The van der Waals surface area contributed by atoms with Crippen molar-refractivity contribution in [2.45, 2.75) is 43.7 Å². The van der Waals surface area contributed by atoms with E-state index in [1.165, 1.54) is 17.3 Å². The lowest BCUT2D eigenvalue weighted by Crippen LogP contribution is -2.40. The second-order valence-electron chi connectivity index (χ2n) is 6.98. The van der Waals surface area contributed by atoms with Crippen molar-refractivity contribution in [1.29, 1.82) is 0 Å². The van der Waals surface area contributed by atoms with Gasteiger partial charge in [-0.3, -0.25) is 4.79 Å². The number of anilines is 1. The Labute approximate surface area is 174 Å². The summed E-state index contributed by atoms with van der Waals surface area (Å²) in [6, 6.07) is 15.7. The van der Waals surface area contributed by atoms with Gasteiger partial charge in [0.1, 0.15) is 5.75 Å². The van der Waals surface area contributed by atoms with Gasteiger partial charge in [0.05, 0.1) is 11.9 Å². The first-order chi connectivity index (χ1) is 14.1. The SMILES string of the molecule is CCOc1ccc(-c2nnc(S[C@@H](C)C(=O)N3c4ccccc4C[C@@H]3C)o2)cc1. The number of aromatic nitrogens is 2. The molecule has 4 rings (SSSR count). The van der Waals surface area contributed by atoms with Gasteiger partial charge in [-0.1, -0.05) is 30.0 Å². The Bertz CT molecular complexity index is 1000. The Hall–Kier alpha value is -2.80. The summed E-state index contributed by atoms with van der Waals surface area (Å²) < 4.78 is 11.2. The average molecular weight is 410 g/mol. The van der Waals surface area contributed by atoms with E-state index >= 15 is 0 Å². The quantitative estimate of drug-likeness (QED) is 0.555. The molecule has 2 atom stereocenters. The van der Waals surface area contributed by atoms with Crippen LogP contribution in [0.3, 0.4) is 0 Å². The molecule has 0 fully saturated rings. The highest BCUT2D eigenvalue weighted by Crippen LogP contribution is 2.35. The molecule has 0 bridgehead atoms. The number of benzene rings is 2. The van der Waals surface area contributed by atoms with E-state index in [0.29, 0.717) is 17.7 Å². The topological polar surface area (TPSA) is 68.5 Å². The highest BCUT2D eigenvalue weighted by Gasteiger charge is 2.34. The van der Waals surface area contributed by atoms with Crippen molar-refractivity contribution in [1.82, 2.24) is 10.2 Å². The number of thioether (sulfide) groups is 1. The van der Waals surface area contributed by atoms with Gasteiger partial charge in [0.25, 0.3) is 5.22 Å². The van der Waals surface area contributed by atoms with Crippen LogP contribution in [0, 0.1) is 0 Å². The van der Waals surface area contributed by atoms with E-state index in [2.05, 4.69) is 23.2 Å². The summed E-state index contributed by atoms with van der Waals surface area (Å²) in [7, 11) is 0. The molecule has 29 heavy (non-hydrogen) atoms. The van der Waals surface area contributed by atoms with Crippen molar-refractivity contribution >= 4 is 23.4 Å². The van der Waals surface area contributed by atoms with E-state index < -0.39 is 0 Å². The van der Waals surface area contributed by atoms with E-state index in [4.69, 9.17) is 9.15 Å². The van der Waals surface area contributed by atoms with Gasteiger partial charge < -0.3 is 14.1 Å². The largest absolute Gasteiger partial charge is 0.494 e. The number of para-hydroxylation sites is 1. The summed E-state index contributed by atoms with van der Waals surface area (Å²) in [6.07, 6.45) is 0.877.